The monoisotopic (exact) mass is 322 g/mol. The predicted molar refractivity (Wildman–Crippen MR) is 84.1 cm³/mol. The van der Waals surface area contributed by atoms with Gasteiger partial charge in [-0.1, -0.05) is 6.07 Å². The van der Waals surface area contributed by atoms with Gasteiger partial charge >= 0.3 is 0 Å². The van der Waals surface area contributed by atoms with Crippen molar-refractivity contribution < 1.29 is 4.79 Å². The minimum Gasteiger partial charge on any atom is -0.349 e. The number of rotatable bonds is 3. The summed E-state index contributed by atoms with van der Waals surface area (Å²) >= 11 is 0. The molecule has 0 saturated heterocycles. The summed E-state index contributed by atoms with van der Waals surface area (Å²) in [6.07, 6.45) is 5.32. The zero-order valence-corrected chi connectivity index (χ0v) is 12.9. The van der Waals surface area contributed by atoms with Crippen LogP contribution in [0.4, 0.5) is 0 Å². The molecule has 3 rings (SSSR count). The van der Waals surface area contributed by atoms with Gasteiger partial charge in [-0.05, 0) is 54.3 Å². The molecule has 0 atom stereocenters. The fraction of sp³-hybridized carbons (Fsp3) is 0.429. The number of hydrogen-bond donors (Lipinski definition) is 2. The summed E-state index contributed by atoms with van der Waals surface area (Å²) in [5, 5.41) is 14.1. The topological polar surface area (TPSA) is 98.7 Å². The maximum atomic E-state index is 12.3. The average molecular weight is 323 g/mol. The van der Waals surface area contributed by atoms with Gasteiger partial charge in [-0.3, -0.25) is 4.79 Å². The summed E-state index contributed by atoms with van der Waals surface area (Å²) in [5.41, 5.74) is 7.25. The van der Waals surface area contributed by atoms with Crippen LogP contribution in [0.25, 0.3) is 5.69 Å². The van der Waals surface area contributed by atoms with Crippen molar-refractivity contribution in [3.63, 3.8) is 0 Å². The summed E-state index contributed by atoms with van der Waals surface area (Å²) in [6.45, 7) is 0. The van der Waals surface area contributed by atoms with Gasteiger partial charge in [0.15, 0.2) is 0 Å². The Labute approximate surface area is 134 Å². The molecule has 0 unspecified atom stereocenters. The highest BCUT2D eigenvalue weighted by molar-refractivity contribution is 5.94. The second-order valence-corrected chi connectivity index (χ2v) is 5.39. The molecule has 1 fully saturated rings. The van der Waals surface area contributed by atoms with Crippen LogP contribution in [-0.4, -0.2) is 38.2 Å². The zero-order chi connectivity index (χ0) is 14.7. The van der Waals surface area contributed by atoms with E-state index in [-0.39, 0.29) is 30.4 Å². The highest BCUT2D eigenvalue weighted by Crippen LogP contribution is 2.17. The molecular weight excluding hydrogens is 304 g/mol. The van der Waals surface area contributed by atoms with Crippen molar-refractivity contribution in [1.29, 1.82) is 0 Å². The normalized spacial score (nSPS) is 21.0. The summed E-state index contributed by atoms with van der Waals surface area (Å²) in [6, 6.07) is 7.74. The molecule has 1 aromatic carbocycles. The van der Waals surface area contributed by atoms with Gasteiger partial charge < -0.3 is 11.1 Å². The lowest BCUT2D eigenvalue weighted by Crippen LogP contribution is -2.40. The van der Waals surface area contributed by atoms with Crippen LogP contribution < -0.4 is 11.1 Å². The minimum absolute atomic E-state index is 0. The Morgan fingerprint density at radius 2 is 2.05 bits per heavy atom. The van der Waals surface area contributed by atoms with E-state index < -0.39 is 0 Å². The molecular formula is C14H19ClN6O. The summed E-state index contributed by atoms with van der Waals surface area (Å²) in [4.78, 5) is 12.3. The van der Waals surface area contributed by atoms with Crippen LogP contribution in [0.2, 0.25) is 0 Å². The number of carbonyl (C=O) groups is 1. The molecule has 1 saturated carbocycles. The standard InChI is InChI=1S/C14H18N6O.ClH/c15-11-4-6-12(7-5-11)17-14(21)10-2-1-3-13(8-10)20-9-16-18-19-20;/h1-3,8-9,11-12H,4-7,15H2,(H,17,21);1H. The van der Waals surface area contributed by atoms with Crippen LogP contribution in [0.5, 0.6) is 0 Å². The second-order valence-electron chi connectivity index (χ2n) is 5.39. The molecule has 8 heteroatoms. The Balaban J connectivity index is 0.00000176. The van der Waals surface area contributed by atoms with Crippen molar-refractivity contribution in [2.75, 3.05) is 0 Å². The molecule has 0 bridgehead atoms. The van der Waals surface area contributed by atoms with Gasteiger partial charge in [0.25, 0.3) is 5.91 Å². The molecule has 1 aliphatic carbocycles. The van der Waals surface area contributed by atoms with Crippen molar-refractivity contribution in [3.8, 4) is 5.69 Å². The third-order valence-electron chi connectivity index (χ3n) is 3.83. The third kappa shape index (κ3) is 3.80. The number of hydrogen-bond acceptors (Lipinski definition) is 5. The van der Waals surface area contributed by atoms with Gasteiger partial charge in [0.2, 0.25) is 0 Å². The van der Waals surface area contributed by atoms with Gasteiger partial charge in [0, 0.05) is 17.6 Å². The van der Waals surface area contributed by atoms with Crippen LogP contribution in [0.3, 0.4) is 0 Å². The van der Waals surface area contributed by atoms with Gasteiger partial charge in [0.1, 0.15) is 6.33 Å². The highest BCUT2D eigenvalue weighted by atomic mass is 35.5. The van der Waals surface area contributed by atoms with E-state index in [1.165, 1.54) is 11.0 Å². The summed E-state index contributed by atoms with van der Waals surface area (Å²) in [7, 11) is 0. The number of tetrazole rings is 1. The largest absolute Gasteiger partial charge is 0.349 e. The molecule has 1 aromatic heterocycles. The first kappa shape index (κ1) is 16.4. The first-order valence-electron chi connectivity index (χ1n) is 7.12. The van der Waals surface area contributed by atoms with Gasteiger partial charge in [-0.25, -0.2) is 4.68 Å². The first-order valence-corrected chi connectivity index (χ1v) is 7.12. The Morgan fingerprint density at radius 1 is 1.27 bits per heavy atom. The maximum absolute atomic E-state index is 12.3. The lowest BCUT2D eigenvalue weighted by Gasteiger charge is -2.26. The van der Waals surface area contributed by atoms with Crippen molar-refractivity contribution >= 4 is 18.3 Å². The Kier molecular flexibility index (Phi) is 5.46. The summed E-state index contributed by atoms with van der Waals surface area (Å²) in [5.74, 6) is -0.0644. The third-order valence-corrected chi connectivity index (χ3v) is 3.83. The Hall–Kier alpha value is -1.99. The maximum Gasteiger partial charge on any atom is 0.251 e. The van der Waals surface area contributed by atoms with Crippen molar-refractivity contribution in [2.45, 2.75) is 37.8 Å². The number of aromatic nitrogens is 4. The van der Waals surface area contributed by atoms with E-state index in [0.717, 1.165) is 31.4 Å². The summed E-state index contributed by atoms with van der Waals surface area (Å²) < 4.78 is 1.52. The van der Waals surface area contributed by atoms with Gasteiger partial charge in [-0.2, -0.15) is 0 Å². The van der Waals surface area contributed by atoms with Crippen LogP contribution in [0.15, 0.2) is 30.6 Å². The molecule has 22 heavy (non-hydrogen) atoms. The van der Waals surface area contributed by atoms with E-state index in [9.17, 15) is 4.79 Å². The van der Waals surface area contributed by atoms with E-state index in [1.54, 1.807) is 12.1 Å². The molecule has 118 valence electrons. The lowest BCUT2D eigenvalue weighted by atomic mass is 9.91. The number of nitrogens with two attached hydrogens (primary N) is 1. The van der Waals surface area contributed by atoms with E-state index in [1.807, 2.05) is 12.1 Å². The minimum atomic E-state index is -0.0644. The molecule has 0 aliphatic heterocycles. The predicted octanol–water partition coefficient (Wildman–Crippen LogP) is 1.08. The van der Waals surface area contributed by atoms with E-state index in [4.69, 9.17) is 5.73 Å². The Morgan fingerprint density at radius 3 is 2.73 bits per heavy atom. The second kappa shape index (κ2) is 7.33. The molecule has 2 aromatic rings. The van der Waals surface area contributed by atoms with E-state index in [2.05, 4.69) is 20.8 Å². The van der Waals surface area contributed by atoms with Gasteiger partial charge in [0.05, 0.1) is 5.69 Å². The number of nitrogens with zero attached hydrogens (tertiary/aromatic N) is 4. The fourth-order valence-electron chi connectivity index (χ4n) is 2.60. The molecule has 1 heterocycles. The number of carbonyl (C=O) groups excluding carboxylic acids is 1. The van der Waals surface area contributed by atoms with E-state index in [0.29, 0.717) is 5.56 Å². The number of halogens is 1. The fourth-order valence-corrected chi connectivity index (χ4v) is 2.60. The van der Waals surface area contributed by atoms with Crippen molar-refractivity contribution in [1.82, 2.24) is 25.5 Å². The molecule has 0 radical (unpaired) electrons. The molecule has 3 N–H and O–H groups in total. The molecule has 1 aliphatic rings. The van der Waals surface area contributed by atoms with E-state index >= 15 is 0 Å². The number of nitrogens with one attached hydrogen (secondary N) is 1. The molecule has 1 amide bonds. The van der Waals surface area contributed by atoms with Crippen molar-refractivity contribution in [3.05, 3.63) is 36.2 Å². The van der Waals surface area contributed by atoms with Crippen molar-refractivity contribution in [2.24, 2.45) is 5.73 Å². The lowest BCUT2D eigenvalue weighted by molar-refractivity contribution is 0.0926. The molecule has 7 nitrogen and oxygen atoms in total. The number of benzene rings is 1. The van der Waals surface area contributed by atoms with Crippen LogP contribution >= 0.6 is 12.4 Å². The number of amides is 1. The Bertz CT molecular complexity index is 610. The van der Waals surface area contributed by atoms with Gasteiger partial charge in [-0.15, -0.1) is 17.5 Å². The smallest absolute Gasteiger partial charge is 0.251 e. The first-order chi connectivity index (χ1) is 10.2. The van der Waals surface area contributed by atoms with Crippen LogP contribution in [0.1, 0.15) is 36.0 Å². The molecule has 0 spiro atoms. The zero-order valence-electron chi connectivity index (χ0n) is 12.1. The van der Waals surface area contributed by atoms with Crippen LogP contribution in [-0.2, 0) is 0 Å². The average Bonchev–Trinajstić information content (AvgIpc) is 3.04. The van der Waals surface area contributed by atoms with Crippen LogP contribution in [0, 0.1) is 0 Å². The quantitative estimate of drug-likeness (QED) is 0.881. The highest BCUT2D eigenvalue weighted by Gasteiger charge is 2.20. The SMILES string of the molecule is Cl.NC1CCC(NC(=O)c2cccc(-n3cnnn3)c2)CC1.